The number of carbonyl (C=O) groups is 2. The zero-order valence-corrected chi connectivity index (χ0v) is 8.19. The van der Waals surface area contributed by atoms with Crippen molar-refractivity contribution in [2.24, 2.45) is 0 Å². The second kappa shape index (κ2) is 4.09. The Kier molecular flexibility index (Phi) is 3.05. The van der Waals surface area contributed by atoms with E-state index < -0.39 is 21.9 Å². The first-order valence-corrected chi connectivity index (χ1v) is 5.27. The van der Waals surface area contributed by atoms with E-state index in [2.05, 4.69) is 0 Å². The van der Waals surface area contributed by atoms with Crippen LogP contribution in [0.2, 0.25) is 0 Å². The first-order chi connectivity index (χ1) is 6.93. The van der Waals surface area contributed by atoms with Gasteiger partial charge in [-0.2, -0.15) is 0 Å². The maximum absolute atomic E-state index is 11.4. The van der Waals surface area contributed by atoms with Crippen LogP contribution in [0.5, 0.6) is 0 Å². The molecule has 1 aromatic carbocycles. The molecule has 0 aliphatic heterocycles. The standard InChI is InChI=1S/C8H7NO5S/c10-7(8(11)12)9-15(13,14)6-4-2-1-3-5-6/h1-5H,(H,9,10)(H,11,12). The highest BCUT2D eigenvalue weighted by Crippen LogP contribution is 2.06. The van der Waals surface area contributed by atoms with Crippen molar-refractivity contribution in [1.82, 2.24) is 4.72 Å². The maximum atomic E-state index is 11.4. The Morgan fingerprint density at radius 3 is 2.13 bits per heavy atom. The summed E-state index contributed by atoms with van der Waals surface area (Å²) >= 11 is 0. The van der Waals surface area contributed by atoms with Crippen molar-refractivity contribution in [3.8, 4) is 0 Å². The average Bonchev–Trinajstić information content (AvgIpc) is 2.18. The molecule has 1 rings (SSSR count). The fourth-order valence-corrected chi connectivity index (χ4v) is 1.79. The first kappa shape index (κ1) is 11.2. The van der Waals surface area contributed by atoms with E-state index in [4.69, 9.17) is 5.11 Å². The molecule has 0 heterocycles. The Balaban J connectivity index is 2.96. The maximum Gasteiger partial charge on any atom is 0.395 e. The number of hydrogen-bond acceptors (Lipinski definition) is 4. The summed E-state index contributed by atoms with van der Waals surface area (Å²) in [7, 11) is -4.08. The van der Waals surface area contributed by atoms with Crippen LogP contribution in [-0.2, 0) is 19.6 Å². The quantitative estimate of drug-likeness (QED) is 0.670. The van der Waals surface area contributed by atoms with Crippen molar-refractivity contribution in [3.05, 3.63) is 30.3 Å². The summed E-state index contributed by atoms with van der Waals surface area (Å²) in [6, 6.07) is 7.01. The van der Waals surface area contributed by atoms with Crippen molar-refractivity contribution in [2.75, 3.05) is 0 Å². The number of benzene rings is 1. The third-order valence-corrected chi connectivity index (χ3v) is 2.82. The molecule has 0 aromatic heterocycles. The molecule has 2 N–H and O–H groups in total. The number of carboxylic acids is 1. The fraction of sp³-hybridized carbons (Fsp3) is 0. The highest BCUT2D eigenvalue weighted by Gasteiger charge is 2.21. The Bertz CT molecular complexity index is 479. The molecule has 0 atom stereocenters. The van der Waals surface area contributed by atoms with Crippen LogP contribution in [0.15, 0.2) is 35.2 Å². The SMILES string of the molecule is O=C(O)C(=O)NS(=O)(=O)c1ccccc1. The van der Waals surface area contributed by atoms with Gasteiger partial charge in [0, 0.05) is 0 Å². The Hall–Kier alpha value is -1.89. The predicted molar refractivity (Wildman–Crippen MR) is 49.4 cm³/mol. The zero-order chi connectivity index (χ0) is 11.5. The van der Waals surface area contributed by atoms with Crippen LogP contribution >= 0.6 is 0 Å². The van der Waals surface area contributed by atoms with E-state index in [-0.39, 0.29) is 4.90 Å². The average molecular weight is 229 g/mol. The molecule has 1 aromatic rings. The largest absolute Gasteiger partial charge is 0.474 e. The normalized spacial score (nSPS) is 10.7. The Labute approximate surface area is 85.6 Å². The number of aliphatic carboxylic acids is 1. The minimum Gasteiger partial charge on any atom is -0.474 e. The van der Waals surface area contributed by atoms with Gasteiger partial charge >= 0.3 is 11.9 Å². The van der Waals surface area contributed by atoms with Gasteiger partial charge in [-0.25, -0.2) is 17.9 Å². The molecule has 80 valence electrons. The van der Waals surface area contributed by atoms with Gasteiger partial charge in [0.05, 0.1) is 4.90 Å². The Morgan fingerprint density at radius 1 is 1.13 bits per heavy atom. The molecular formula is C8H7NO5S. The first-order valence-electron chi connectivity index (χ1n) is 3.78. The van der Waals surface area contributed by atoms with Crippen molar-refractivity contribution in [1.29, 1.82) is 0 Å². The summed E-state index contributed by atoms with van der Waals surface area (Å²) in [6.45, 7) is 0. The van der Waals surface area contributed by atoms with Crippen LogP contribution in [-0.4, -0.2) is 25.4 Å². The molecule has 0 aliphatic rings. The van der Waals surface area contributed by atoms with Crippen molar-refractivity contribution < 1.29 is 23.1 Å². The second-order valence-electron chi connectivity index (χ2n) is 2.55. The van der Waals surface area contributed by atoms with Gasteiger partial charge in [0.15, 0.2) is 0 Å². The molecule has 0 radical (unpaired) electrons. The lowest BCUT2D eigenvalue weighted by Gasteiger charge is -2.03. The molecule has 1 amide bonds. The highest BCUT2D eigenvalue weighted by atomic mass is 32.2. The van der Waals surface area contributed by atoms with E-state index in [0.29, 0.717) is 0 Å². The van der Waals surface area contributed by atoms with Crippen LogP contribution < -0.4 is 4.72 Å². The molecular weight excluding hydrogens is 222 g/mol. The lowest BCUT2D eigenvalue weighted by Crippen LogP contribution is -2.35. The molecule has 15 heavy (non-hydrogen) atoms. The van der Waals surface area contributed by atoms with Gasteiger partial charge in [-0.3, -0.25) is 4.79 Å². The number of nitrogens with one attached hydrogen (secondary N) is 1. The number of amides is 1. The molecule has 0 fully saturated rings. The lowest BCUT2D eigenvalue weighted by atomic mass is 10.4. The fourth-order valence-electron chi connectivity index (χ4n) is 0.824. The third kappa shape index (κ3) is 2.78. The molecule has 0 spiro atoms. The number of carboxylic acid groups (broad SMARTS) is 1. The van der Waals surface area contributed by atoms with Gasteiger partial charge in [0.2, 0.25) is 0 Å². The van der Waals surface area contributed by atoms with Gasteiger partial charge < -0.3 is 5.11 Å². The van der Waals surface area contributed by atoms with Crippen LogP contribution in [0.25, 0.3) is 0 Å². The van der Waals surface area contributed by atoms with E-state index >= 15 is 0 Å². The molecule has 7 heteroatoms. The zero-order valence-electron chi connectivity index (χ0n) is 7.38. The highest BCUT2D eigenvalue weighted by molar-refractivity contribution is 7.90. The number of sulfonamides is 1. The topological polar surface area (TPSA) is 101 Å². The van der Waals surface area contributed by atoms with Gasteiger partial charge in [0.25, 0.3) is 10.0 Å². The van der Waals surface area contributed by atoms with Crippen molar-refractivity contribution in [3.63, 3.8) is 0 Å². The van der Waals surface area contributed by atoms with Crippen LogP contribution in [0.1, 0.15) is 0 Å². The van der Waals surface area contributed by atoms with Crippen LogP contribution in [0.4, 0.5) is 0 Å². The number of carbonyl (C=O) groups excluding carboxylic acids is 1. The summed E-state index contributed by atoms with van der Waals surface area (Å²) in [5, 5.41) is 8.22. The summed E-state index contributed by atoms with van der Waals surface area (Å²) in [5.41, 5.74) is 0. The van der Waals surface area contributed by atoms with Gasteiger partial charge in [-0.05, 0) is 12.1 Å². The summed E-state index contributed by atoms with van der Waals surface area (Å²) < 4.78 is 24.1. The summed E-state index contributed by atoms with van der Waals surface area (Å²) in [4.78, 5) is 20.6. The summed E-state index contributed by atoms with van der Waals surface area (Å²) in [5.74, 6) is -3.44. The Morgan fingerprint density at radius 2 is 1.67 bits per heavy atom. The van der Waals surface area contributed by atoms with Crippen LogP contribution in [0.3, 0.4) is 0 Å². The summed E-state index contributed by atoms with van der Waals surface area (Å²) in [6.07, 6.45) is 0. The molecule has 0 saturated carbocycles. The van der Waals surface area contributed by atoms with E-state index in [1.165, 1.54) is 29.0 Å². The van der Waals surface area contributed by atoms with Crippen LogP contribution in [0, 0.1) is 0 Å². The van der Waals surface area contributed by atoms with E-state index in [1.54, 1.807) is 6.07 Å². The van der Waals surface area contributed by atoms with E-state index in [0.717, 1.165) is 0 Å². The van der Waals surface area contributed by atoms with Crippen molar-refractivity contribution in [2.45, 2.75) is 4.90 Å². The molecule has 0 saturated heterocycles. The molecule has 6 nitrogen and oxygen atoms in total. The lowest BCUT2D eigenvalue weighted by molar-refractivity contribution is -0.149. The van der Waals surface area contributed by atoms with Gasteiger partial charge in [0.1, 0.15) is 0 Å². The number of rotatable bonds is 2. The molecule has 0 bridgehead atoms. The monoisotopic (exact) mass is 229 g/mol. The minimum absolute atomic E-state index is 0.167. The van der Waals surface area contributed by atoms with Gasteiger partial charge in [-0.1, -0.05) is 18.2 Å². The van der Waals surface area contributed by atoms with Crippen molar-refractivity contribution >= 4 is 21.9 Å². The molecule has 0 aliphatic carbocycles. The second-order valence-corrected chi connectivity index (χ2v) is 4.24. The third-order valence-electron chi connectivity index (χ3n) is 1.47. The smallest absolute Gasteiger partial charge is 0.395 e. The predicted octanol–water partition coefficient (Wildman–Crippen LogP) is -0.424. The van der Waals surface area contributed by atoms with E-state index in [1.807, 2.05) is 0 Å². The number of hydrogen-bond donors (Lipinski definition) is 2. The minimum atomic E-state index is -4.08. The van der Waals surface area contributed by atoms with E-state index in [9.17, 15) is 18.0 Å². The van der Waals surface area contributed by atoms with Gasteiger partial charge in [-0.15, -0.1) is 0 Å². The molecule has 0 unspecified atom stereocenters.